The lowest BCUT2D eigenvalue weighted by molar-refractivity contribution is -0.130. The van der Waals surface area contributed by atoms with Crippen molar-refractivity contribution in [3.05, 3.63) is 18.2 Å². The fourth-order valence-corrected chi connectivity index (χ4v) is 1.73. The van der Waals surface area contributed by atoms with Crippen LogP contribution < -0.4 is 5.32 Å². The topological polar surface area (TPSA) is 78.1 Å². The first kappa shape index (κ1) is 15.2. The predicted molar refractivity (Wildman–Crippen MR) is 72.2 cm³/mol. The molecule has 0 fully saturated rings. The van der Waals surface area contributed by atoms with Gasteiger partial charge in [0.25, 0.3) is 0 Å². The molecule has 1 aromatic rings. The number of nitrogens with one attached hydrogen (secondary N) is 2. The van der Waals surface area contributed by atoms with Crippen LogP contribution in [-0.4, -0.2) is 40.3 Å². The van der Waals surface area contributed by atoms with E-state index in [-0.39, 0.29) is 11.8 Å². The normalized spacial score (nSPS) is 10.2. The molecule has 0 atom stereocenters. The summed E-state index contributed by atoms with van der Waals surface area (Å²) in [6.45, 7) is 2.70. The number of hydrogen-bond donors (Lipinski definition) is 2. The molecule has 106 valence electrons. The van der Waals surface area contributed by atoms with Gasteiger partial charge in [-0.05, 0) is 12.8 Å². The van der Waals surface area contributed by atoms with Crippen LogP contribution in [0.4, 0.5) is 0 Å². The highest BCUT2D eigenvalue weighted by molar-refractivity contribution is 5.75. The number of unbranched alkanes of at least 4 members (excludes halogenated alkanes) is 2. The molecular weight excluding hydrogens is 244 g/mol. The maximum Gasteiger partial charge on any atom is 0.222 e. The molecule has 1 heterocycles. The van der Waals surface area contributed by atoms with E-state index in [1.807, 2.05) is 0 Å². The molecular formula is C13H22N4O2. The predicted octanol–water partition coefficient (Wildman–Crippen LogP) is 1.06. The first-order valence-electron chi connectivity index (χ1n) is 6.56. The van der Waals surface area contributed by atoms with Gasteiger partial charge in [-0.25, -0.2) is 4.98 Å². The summed E-state index contributed by atoms with van der Waals surface area (Å²) >= 11 is 0. The standard InChI is InChI=1S/C13H22N4O2/c1-11(18)14-7-5-3-4-6-13(19)17(2)10-12-15-8-9-16-12/h8-9H,3-7,10H2,1-2H3,(H,14,18)(H,15,16). The molecule has 1 aromatic heterocycles. The fraction of sp³-hybridized carbons (Fsp3) is 0.615. The molecule has 0 aliphatic heterocycles. The zero-order valence-corrected chi connectivity index (χ0v) is 11.6. The average Bonchev–Trinajstić information content (AvgIpc) is 2.85. The van der Waals surface area contributed by atoms with Crippen LogP contribution in [0, 0.1) is 0 Å². The SMILES string of the molecule is CC(=O)NCCCCCC(=O)N(C)Cc1ncc[nH]1. The number of aromatic nitrogens is 2. The van der Waals surface area contributed by atoms with Crippen LogP contribution >= 0.6 is 0 Å². The Morgan fingerprint density at radius 1 is 1.37 bits per heavy atom. The Hall–Kier alpha value is -1.85. The molecule has 2 amide bonds. The number of imidazole rings is 1. The second-order valence-corrected chi connectivity index (χ2v) is 4.58. The Morgan fingerprint density at radius 3 is 2.79 bits per heavy atom. The smallest absolute Gasteiger partial charge is 0.222 e. The van der Waals surface area contributed by atoms with E-state index in [1.54, 1.807) is 24.3 Å². The summed E-state index contributed by atoms with van der Waals surface area (Å²) in [6.07, 6.45) is 6.67. The van der Waals surface area contributed by atoms with Gasteiger partial charge in [-0.2, -0.15) is 0 Å². The van der Waals surface area contributed by atoms with Gasteiger partial charge in [-0.1, -0.05) is 6.42 Å². The Labute approximate surface area is 113 Å². The van der Waals surface area contributed by atoms with Crippen molar-refractivity contribution in [3.63, 3.8) is 0 Å². The van der Waals surface area contributed by atoms with Crippen molar-refractivity contribution in [1.82, 2.24) is 20.2 Å². The van der Waals surface area contributed by atoms with Gasteiger partial charge in [0.05, 0.1) is 6.54 Å². The summed E-state index contributed by atoms with van der Waals surface area (Å²) in [4.78, 5) is 31.2. The van der Waals surface area contributed by atoms with Crippen LogP contribution in [0.15, 0.2) is 12.4 Å². The number of carbonyl (C=O) groups is 2. The quantitative estimate of drug-likeness (QED) is 0.691. The minimum atomic E-state index is -0.00532. The van der Waals surface area contributed by atoms with Crippen molar-refractivity contribution in [2.45, 2.75) is 39.2 Å². The highest BCUT2D eigenvalue weighted by atomic mass is 16.2. The van der Waals surface area contributed by atoms with Gasteiger partial charge in [-0.3, -0.25) is 9.59 Å². The van der Waals surface area contributed by atoms with Crippen molar-refractivity contribution in [2.75, 3.05) is 13.6 Å². The van der Waals surface area contributed by atoms with Gasteiger partial charge >= 0.3 is 0 Å². The number of hydrogen-bond acceptors (Lipinski definition) is 3. The third-order valence-electron chi connectivity index (χ3n) is 2.81. The maximum atomic E-state index is 11.8. The molecule has 6 nitrogen and oxygen atoms in total. The molecule has 0 bridgehead atoms. The van der Waals surface area contributed by atoms with Crippen molar-refractivity contribution in [2.24, 2.45) is 0 Å². The van der Waals surface area contributed by atoms with Crippen LogP contribution in [0.25, 0.3) is 0 Å². The number of carbonyl (C=O) groups excluding carboxylic acids is 2. The van der Waals surface area contributed by atoms with Crippen LogP contribution in [0.5, 0.6) is 0 Å². The van der Waals surface area contributed by atoms with Crippen LogP contribution in [-0.2, 0) is 16.1 Å². The first-order valence-corrected chi connectivity index (χ1v) is 6.56. The molecule has 0 aromatic carbocycles. The molecule has 0 aliphatic rings. The lowest BCUT2D eigenvalue weighted by Gasteiger charge is -2.15. The van der Waals surface area contributed by atoms with E-state index in [9.17, 15) is 9.59 Å². The van der Waals surface area contributed by atoms with Crippen LogP contribution in [0.2, 0.25) is 0 Å². The van der Waals surface area contributed by atoms with E-state index < -0.39 is 0 Å². The number of aromatic amines is 1. The van der Waals surface area contributed by atoms with Gasteiger partial charge in [0.15, 0.2) is 0 Å². The molecule has 0 radical (unpaired) electrons. The van der Waals surface area contributed by atoms with Gasteiger partial charge in [0.1, 0.15) is 5.82 Å². The van der Waals surface area contributed by atoms with E-state index in [4.69, 9.17) is 0 Å². The minimum absolute atomic E-state index is 0.00532. The summed E-state index contributed by atoms with van der Waals surface area (Å²) in [7, 11) is 1.78. The third kappa shape index (κ3) is 6.59. The second kappa shape index (κ2) is 8.29. The summed E-state index contributed by atoms with van der Waals surface area (Å²) in [5, 5.41) is 2.74. The van der Waals surface area contributed by atoms with E-state index >= 15 is 0 Å². The molecule has 0 aliphatic carbocycles. The highest BCUT2D eigenvalue weighted by Crippen LogP contribution is 2.04. The first-order chi connectivity index (χ1) is 9.09. The molecule has 0 unspecified atom stereocenters. The number of rotatable bonds is 8. The second-order valence-electron chi connectivity index (χ2n) is 4.58. The lowest BCUT2D eigenvalue weighted by Crippen LogP contribution is -2.26. The Balaban J connectivity index is 2.08. The van der Waals surface area contributed by atoms with Gasteiger partial charge < -0.3 is 15.2 Å². The minimum Gasteiger partial charge on any atom is -0.356 e. The van der Waals surface area contributed by atoms with Crippen molar-refractivity contribution < 1.29 is 9.59 Å². The largest absolute Gasteiger partial charge is 0.356 e. The van der Waals surface area contributed by atoms with E-state index in [2.05, 4.69) is 15.3 Å². The van der Waals surface area contributed by atoms with Crippen molar-refractivity contribution in [3.8, 4) is 0 Å². The molecule has 0 saturated heterocycles. The molecule has 2 N–H and O–H groups in total. The summed E-state index contributed by atoms with van der Waals surface area (Å²) in [5.41, 5.74) is 0. The average molecular weight is 266 g/mol. The van der Waals surface area contributed by atoms with Crippen LogP contribution in [0.3, 0.4) is 0 Å². The lowest BCUT2D eigenvalue weighted by atomic mass is 10.2. The molecule has 19 heavy (non-hydrogen) atoms. The molecule has 6 heteroatoms. The Kier molecular flexibility index (Phi) is 6.63. The monoisotopic (exact) mass is 266 g/mol. The fourth-order valence-electron chi connectivity index (χ4n) is 1.73. The Bertz CT molecular complexity index is 389. The van der Waals surface area contributed by atoms with E-state index in [1.165, 1.54) is 6.92 Å². The summed E-state index contributed by atoms with van der Waals surface area (Å²) in [5.74, 6) is 0.909. The zero-order chi connectivity index (χ0) is 14.1. The third-order valence-corrected chi connectivity index (χ3v) is 2.81. The molecule has 1 rings (SSSR count). The molecule has 0 spiro atoms. The number of H-pyrrole nitrogens is 1. The number of nitrogens with zero attached hydrogens (tertiary/aromatic N) is 2. The van der Waals surface area contributed by atoms with E-state index in [0.29, 0.717) is 19.5 Å². The van der Waals surface area contributed by atoms with Gasteiger partial charge in [0.2, 0.25) is 11.8 Å². The van der Waals surface area contributed by atoms with Crippen molar-refractivity contribution in [1.29, 1.82) is 0 Å². The van der Waals surface area contributed by atoms with Gasteiger partial charge in [0, 0.05) is 39.3 Å². The Morgan fingerprint density at radius 2 is 2.16 bits per heavy atom. The molecule has 0 saturated carbocycles. The van der Waals surface area contributed by atoms with E-state index in [0.717, 1.165) is 25.1 Å². The van der Waals surface area contributed by atoms with Crippen LogP contribution in [0.1, 0.15) is 38.4 Å². The zero-order valence-electron chi connectivity index (χ0n) is 11.6. The van der Waals surface area contributed by atoms with Crippen molar-refractivity contribution >= 4 is 11.8 Å². The highest BCUT2D eigenvalue weighted by Gasteiger charge is 2.09. The van der Waals surface area contributed by atoms with Gasteiger partial charge in [-0.15, -0.1) is 0 Å². The number of amides is 2. The summed E-state index contributed by atoms with van der Waals surface area (Å²) in [6, 6.07) is 0. The summed E-state index contributed by atoms with van der Waals surface area (Å²) < 4.78 is 0. The maximum absolute atomic E-state index is 11.8.